The molecule has 0 fully saturated rings. The van der Waals surface area contributed by atoms with Crippen LogP contribution in [0.4, 0.5) is 8.78 Å². The summed E-state index contributed by atoms with van der Waals surface area (Å²) < 4.78 is 36.0. The maximum atomic E-state index is 13.3. The van der Waals surface area contributed by atoms with Gasteiger partial charge in [-0.1, -0.05) is 0 Å². The Bertz CT molecular complexity index is 866. The van der Waals surface area contributed by atoms with Crippen LogP contribution in [0, 0.1) is 29.1 Å². The smallest absolute Gasteiger partial charge is 0.465 e. The molecule has 2 N–H and O–H groups in total. The van der Waals surface area contributed by atoms with Gasteiger partial charge in [-0.05, 0) is 77.3 Å². The summed E-state index contributed by atoms with van der Waals surface area (Å²) in [4.78, 5) is 22.1. The Morgan fingerprint density at radius 2 is 1.32 bits per heavy atom. The summed E-state index contributed by atoms with van der Waals surface area (Å²) in [6, 6.07) is 4.97. The normalized spacial score (nSPS) is 9.89. The minimum atomic E-state index is -1.82. The molecule has 10 heteroatoms. The Morgan fingerprint density at radius 3 is 1.71 bits per heavy atom. The van der Waals surface area contributed by atoms with Crippen molar-refractivity contribution in [1.29, 1.82) is 0 Å². The first-order valence-corrected chi connectivity index (χ1v) is 8.89. The fraction of sp³-hybridized carbons (Fsp3) is 0.222. The van der Waals surface area contributed by atoms with Crippen molar-refractivity contribution in [1.82, 2.24) is 0 Å². The zero-order chi connectivity index (χ0) is 21.6. The summed E-state index contributed by atoms with van der Waals surface area (Å²) in [5.41, 5.74) is 0.792. The molecule has 28 heavy (non-hydrogen) atoms. The number of hydrogen-bond acceptors (Lipinski definition) is 6. The van der Waals surface area contributed by atoms with Crippen molar-refractivity contribution in [2.45, 2.75) is 13.8 Å². The van der Waals surface area contributed by atoms with Crippen LogP contribution in [-0.2, 0) is 9.47 Å². The third-order valence-corrected chi connectivity index (χ3v) is 4.91. The number of methoxy groups -OCH3 is 2. The Hall–Kier alpha value is -2.05. The molecular weight excluding hydrogens is 488 g/mol. The SMILES string of the molecule is COC(=O)c1cc(F)c(C)c(B(O)O)c1.COC(=O)c1cc(F)c(C)c(I)c1. The molecule has 2 aromatic carbocycles. The minimum Gasteiger partial charge on any atom is -0.465 e. The molecule has 0 aromatic heterocycles. The highest BCUT2D eigenvalue weighted by Gasteiger charge is 2.20. The average molecular weight is 506 g/mol. The van der Waals surface area contributed by atoms with Crippen LogP contribution in [0.5, 0.6) is 0 Å². The van der Waals surface area contributed by atoms with E-state index in [2.05, 4.69) is 9.47 Å². The summed E-state index contributed by atoms with van der Waals surface area (Å²) in [6.07, 6.45) is 0. The second kappa shape index (κ2) is 10.5. The van der Waals surface area contributed by atoms with Gasteiger partial charge in [-0.15, -0.1) is 0 Å². The summed E-state index contributed by atoms with van der Waals surface area (Å²) >= 11 is 1.98. The molecule has 0 unspecified atom stereocenters. The van der Waals surface area contributed by atoms with E-state index in [0.29, 0.717) is 5.56 Å². The lowest BCUT2D eigenvalue weighted by Gasteiger charge is -2.08. The first kappa shape index (κ1) is 24.0. The molecule has 0 saturated carbocycles. The second-order valence-electron chi connectivity index (χ2n) is 5.59. The second-order valence-corrected chi connectivity index (χ2v) is 6.76. The number of benzene rings is 2. The largest absolute Gasteiger partial charge is 0.488 e. The predicted molar refractivity (Wildman–Crippen MR) is 107 cm³/mol. The van der Waals surface area contributed by atoms with Gasteiger partial charge in [0.1, 0.15) is 11.6 Å². The van der Waals surface area contributed by atoms with Crippen LogP contribution >= 0.6 is 22.6 Å². The third-order valence-electron chi connectivity index (χ3n) is 3.79. The highest BCUT2D eigenvalue weighted by molar-refractivity contribution is 14.1. The van der Waals surface area contributed by atoms with Crippen LogP contribution in [0.2, 0.25) is 0 Å². The molecule has 150 valence electrons. The van der Waals surface area contributed by atoms with E-state index in [4.69, 9.17) is 10.0 Å². The summed E-state index contributed by atoms with van der Waals surface area (Å²) in [5, 5.41) is 17.9. The Morgan fingerprint density at radius 1 is 0.893 bits per heavy atom. The molecule has 0 amide bonds. The van der Waals surface area contributed by atoms with E-state index in [9.17, 15) is 18.4 Å². The van der Waals surface area contributed by atoms with Crippen molar-refractivity contribution in [2.75, 3.05) is 14.2 Å². The Labute approximate surface area is 174 Å². The van der Waals surface area contributed by atoms with Gasteiger partial charge in [-0.3, -0.25) is 0 Å². The van der Waals surface area contributed by atoms with E-state index in [0.717, 1.165) is 16.7 Å². The maximum absolute atomic E-state index is 13.3. The number of carbonyl (C=O) groups is 2. The number of halogens is 3. The fourth-order valence-corrected chi connectivity index (χ4v) is 2.68. The van der Waals surface area contributed by atoms with Gasteiger partial charge >= 0.3 is 19.1 Å². The van der Waals surface area contributed by atoms with Crippen LogP contribution in [-0.4, -0.2) is 43.3 Å². The number of carbonyl (C=O) groups excluding carboxylic acids is 2. The third kappa shape index (κ3) is 5.98. The van der Waals surface area contributed by atoms with Crippen LogP contribution < -0.4 is 5.46 Å². The molecule has 0 bridgehead atoms. The zero-order valence-corrected chi connectivity index (χ0v) is 17.7. The van der Waals surface area contributed by atoms with Crippen molar-refractivity contribution in [2.24, 2.45) is 0 Å². The molecule has 0 radical (unpaired) electrons. The minimum absolute atomic E-state index is 0.0459. The molecule has 0 atom stereocenters. The quantitative estimate of drug-likeness (QED) is 0.377. The first-order chi connectivity index (χ1) is 13.0. The molecule has 2 rings (SSSR count). The molecule has 0 aliphatic carbocycles. The monoisotopic (exact) mass is 506 g/mol. The lowest BCUT2D eigenvalue weighted by Crippen LogP contribution is -2.33. The van der Waals surface area contributed by atoms with Crippen molar-refractivity contribution in [3.63, 3.8) is 0 Å². The van der Waals surface area contributed by atoms with E-state index in [1.165, 1.54) is 26.2 Å². The first-order valence-electron chi connectivity index (χ1n) is 7.81. The summed E-state index contributed by atoms with van der Waals surface area (Å²) in [6.45, 7) is 3.06. The molecule has 0 heterocycles. The van der Waals surface area contributed by atoms with Gasteiger partial charge in [-0.2, -0.15) is 0 Å². The lowest BCUT2D eigenvalue weighted by molar-refractivity contribution is 0.0591. The number of esters is 2. The number of hydrogen-bond donors (Lipinski definition) is 2. The molecule has 0 aliphatic rings. The molecule has 6 nitrogen and oxygen atoms in total. The van der Waals surface area contributed by atoms with Gasteiger partial charge < -0.3 is 19.5 Å². The van der Waals surface area contributed by atoms with Crippen molar-refractivity contribution in [3.05, 3.63) is 61.7 Å². The van der Waals surface area contributed by atoms with Crippen molar-refractivity contribution < 1.29 is 37.9 Å². The van der Waals surface area contributed by atoms with Crippen molar-refractivity contribution in [3.8, 4) is 0 Å². The fourth-order valence-electron chi connectivity index (χ4n) is 2.09. The molecule has 2 aromatic rings. The molecule has 0 saturated heterocycles. The van der Waals surface area contributed by atoms with Gasteiger partial charge in [0.25, 0.3) is 0 Å². The van der Waals surface area contributed by atoms with Gasteiger partial charge in [0.05, 0.1) is 25.3 Å². The Balaban J connectivity index is 0.000000283. The van der Waals surface area contributed by atoms with Gasteiger partial charge in [0.2, 0.25) is 0 Å². The van der Waals surface area contributed by atoms with E-state index < -0.39 is 24.9 Å². The van der Waals surface area contributed by atoms with E-state index in [1.54, 1.807) is 13.0 Å². The average Bonchev–Trinajstić information content (AvgIpc) is 2.66. The predicted octanol–water partition coefficient (Wildman–Crippen LogP) is 2.13. The number of rotatable bonds is 3. The van der Waals surface area contributed by atoms with Gasteiger partial charge in [-0.25, -0.2) is 18.4 Å². The van der Waals surface area contributed by atoms with E-state index in [1.807, 2.05) is 22.6 Å². The topological polar surface area (TPSA) is 93.1 Å². The summed E-state index contributed by atoms with van der Waals surface area (Å²) in [5.74, 6) is -2.30. The van der Waals surface area contributed by atoms with Crippen molar-refractivity contribution >= 4 is 47.1 Å². The molecular formula is C18H18BF2IO6. The van der Waals surface area contributed by atoms with E-state index >= 15 is 0 Å². The maximum Gasteiger partial charge on any atom is 0.488 e. The highest BCUT2D eigenvalue weighted by Crippen LogP contribution is 2.18. The standard InChI is InChI=1S/C9H10BFO4.C9H8FIO2/c1-5-7(10(13)14)3-6(4-8(5)11)9(12)15-2;1-5-7(10)3-6(4-8(5)11)9(12)13-2/h3-4,13-14H,1-2H3;3-4H,1-2H3. The van der Waals surface area contributed by atoms with Crippen LogP contribution in [0.1, 0.15) is 31.8 Å². The molecule has 0 spiro atoms. The molecule has 0 aliphatic heterocycles. The summed E-state index contributed by atoms with van der Waals surface area (Å²) in [7, 11) is 0.617. The number of ether oxygens (including phenoxy) is 2. The van der Waals surface area contributed by atoms with Gasteiger partial charge in [0.15, 0.2) is 0 Å². The lowest BCUT2D eigenvalue weighted by atomic mass is 9.76. The van der Waals surface area contributed by atoms with Gasteiger partial charge in [0, 0.05) is 3.57 Å². The van der Waals surface area contributed by atoms with E-state index in [-0.39, 0.29) is 28.0 Å². The highest BCUT2D eigenvalue weighted by atomic mass is 127. The van der Waals surface area contributed by atoms with Crippen LogP contribution in [0.15, 0.2) is 24.3 Å². The zero-order valence-electron chi connectivity index (χ0n) is 15.5. The van der Waals surface area contributed by atoms with Crippen LogP contribution in [0.25, 0.3) is 0 Å². The Kier molecular flexibility index (Phi) is 8.99. The van der Waals surface area contributed by atoms with Crippen LogP contribution in [0.3, 0.4) is 0 Å².